The number of sulfonamides is 1. The molecule has 2 aromatic rings. The highest BCUT2D eigenvalue weighted by Gasteiger charge is 2.32. The first-order chi connectivity index (χ1) is 14.6. The average Bonchev–Trinajstić information content (AvgIpc) is 2.77. The minimum atomic E-state index is -4.68. The van der Waals surface area contributed by atoms with Crippen molar-refractivity contribution in [2.24, 2.45) is 0 Å². The number of hydrogen-bond acceptors (Lipinski definition) is 4. The zero-order valence-electron chi connectivity index (χ0n) is 16.3. The van der Waals surface area contributed by atoms with Crippen LogP contribution in [0.1, 0.15) is 15.9 Å². The van der Waals surface area contributed by atoms with Crippen molar-refractivity contribution in [3.63, 3.8) is 0 Å². The summed E-state index contributed by atoms with van der Waals surface area (Å²) in [6.07, 6.45) is -4.68. The fourth-order valence-electron chi connectivity index (χ4n) is 3.11. The first-order valence-corrected chi connectivity index (χ1v) is 10.9. The van der Waals surface area contributed by atoms with Gasteiger partial charge in [-0.2, -0.15) is 13.2 Å². The summed E-state index contributed by atoms with van der Waals surface area (Å²) in [6, 6.07) is 12.0. The topological polar surface area (TPSA) is 86.8 Å². The molecule has 1 saturated heterocycles. The Labute approximate surface area is 177 Å². The van der Waals surface area contributed by atoms with Crippen molar-refractivity contribution in [2.45, 2.75) is 11.1 Å². The fourth-order valence-corrected chi connectivity index (χ4v) is 4.13. The Morgan fingerprint density at radius 1 is 0.903 bits per heavy atom. The Hall–Kier alpha value is -2.92. The number of amides is 2. The third kappa shape index (κ3) is 5.61. The lowest BCUT2D eigenvalue weighted by Crippen LogP contribution is -2.52. The molecule has 1 aliphatic heterocycles. The number of benzene rings is 2. The van der Waals surface area contributed by atoms with E-state index in [4.69, 9.17) is 0 Å². The maximum atomic E-state index is 12.8. The van der Waals surface area contributed by atoms with Gasteiger partial charge in [0, 0.05) is 31.7 Å². The minimum absolute atomic E-state index is 0.155. The summed E-state index contributed by atoms with van der Waals surface area (Å²) in [5.41, 5.74) is -0.558. The summed E-state index contributed by atoms with van der Waals surface area (Å²) in [6.45, 7) is 0.441. The van der Waals surface area contributed by atoms with E-state index < -0.39 is 39.1 Å². The van der Waals surface area contributed by atoms with E-state index in [-0.39, 0.29) is 19.0 Å². The fraction of sp³-hybridized carbons (Fsp3) is 0.300. The van der Waals surface area contributed by atoms with E-state index in [0.29, 0.717) is 24.7 Å². The quantitative estimate of drug-likeness (QED) is 0.747. The molecule has 0 aromatic heterocycles. The predicted molar refractivity (Wildman–Crippen MR) is 106 cm³/mol. The van der Waals surface area contributed by atoms with E-state index in [1.54, 1.807) is 35.2 Å². The zero-order valence-corrected chi connectivity index (χ0v) is 17.1. The second-order valence-electron chi connectivity index (χ2n) is 6.89. The zero-order chi connectivity index (χ0) is 22.6. The molecular formula is C20H20F3N3O4S. The Morgan fingerprint density at radius 2 is 1.52 bits per heavy atom. The number of carbonyl (C=O) groups is 2. The van der Waals surface area contributed by atoms with Gasteiger partial charge in [0.1, 0.15) is 0 Å². The lowest BCUT2D eigenvalue weighted by Gasteiger charge is -2.34. The van der Waals surface area contributed by atoms with Crippen LogP contribution >= 0.6 is 0 Å². The summed E-state index contributed by atoms with van der Waals surface area (Å²) in [7, 11) is -4.30. The number of piperazine rings is 1. The van der Waals surface area contributed by atoms with Crippen molar-refractivity contribution in [3.8, 4) is 0 Å². The van der Waals surface area contributed by atoms with E-state index in [1.807, 2.05) is 4.72 Å². The molecule has 0 aliphatic carbocycles. The number of nitrogens with zero attached hydrogens (tertiary/aromatic N) is 2. The van der Waals surface area contributed by atoms with Crippen molar-refractivity contribution in [1.29, 1.82) is 0 Å². The van der Waals surface area contributed by atoms with Gasteiger partial charge in [0.25, 0.3) is 5.91 Å². The molecule has 0 atom stereocenters. The van der Waals surface area contributed by atoms with Crippen LogP contribution in [0.25, 0.3) is 0 Å². The normalized spacial score (nSPS) is 15.1. The molecule has 11 heteroatoms. The smallest absolute Gasteiger partial charge is 0.338 e. The molecule has 2 amide bonds. The summed E-state index contributed by atoms with van der Waals surface area (Å²) >= 11 is 0. The van der Waals surface area contributed by atoms with Gasteiger partial charge >= 0.3 is 6.18 Å². The molecule has 1 N–H and O–H groups in total. The molecule has 0 spiro atoms. The molecule has 0 saturated carbocycles. The SMILES string of the molecule is O=C(CNS(=O)(=O)c1cccc(C(F)(F)F)c1)N1CCN(C(=O)c2ccccc2)CC1. The van der Waals surface area contributed by atoms with Gasteiger partial charge < -0.3 is 9.80 Å². The van der Waals surface area contributed by atoms with Gasteiger partial charge in [-0.15, -0.1) is 0 Å². The van der Waals surface area contributed by atoms with Crippen LogP contribution in [0.15, 0.2) is 59.5 Å². The van der Waals surface area contributed by atoms with Gasteiger partial charge in [0.05, 0.1) is 17.0 Å². The van der Waals surface area contributed by atoms with Gasteiger partial charge in [-0.25, -0.2) is 13.1 Å². The van der Waals surface area contributed by atoms with Crippen molar-refractivity contribution in [1.82, 2.24) is 14.5 Å². The Morgan fingerprint density at radius 3 is 2.13 bits per heavy atom. The second kappa shape index (κ2) is 9.06. The van der Waals surface area contributed by atoms with Crippen LogP contribution < -0.4 is 4.72 Å². The first kappa shape index (κ1) is 22.8. The average molecular weight is 455 g/mol. The number of carbonyl (C=O) groups excluding carboxylic acids is 2. The van der Waals surface area contributed by atoms with E-state index in [9.17, 15) is 31.2 Å². The third-order valence-electron chi connectivity index (χ3n) is 4.83. The standard InChI is InChI=1S/C20H20F3N3O4S/c21-20(22,23)16-7-4-8-17(13-16)31(29,30)24-14-18(27)25-9-11-26(12-10-25)19(28)15-5-2-1-3-6-15/h1-8,13,24H,9-12,14H2. The first-order valence-electron chi connectivity index (χ1n) is 9.37. The Bertz CT molecular complexity index is 1050. The lowest BCUT2D eigenvalue weighted by molar-refractivity contribution is -0.137. The van der Waals surface area contributed by atoms with Crippen LogP contribution in [0, 0.1) is 0 Å². The van der Waals surface area contributed by atoms with Gasteiger partial charge in [0.15, 0.2) is 0 Å². The molecule has 2 aromatic carbocycles. The molecule has 0 radical (unpaired) electrons. The molecule has 0 bridgehead atoms. The van der Waals surface area contributed by atoms with Crippen molar-refractivity contribution in [2.75, 3.05) is 32.7 Å². The molecule has 1 aliphatic rings. The van der Waals surface area contributed by atoms with E-state index >= 15 is 0 Å². The Kier molecular flexibility index (Phi) is 6.65. The molecular weight excluding hydrogens is 435 g/mol. The summed E-state index contributed by atoms with van der Waals surface area (Å²) in [4.78, 5) is 27.2. The molecule has 0 unspecified atom stereocenters. The molecule has 1 fully saturated rings. The summed E-state index contributed by atoms with van der Waals surface area (Å²) in [5.74, 6) is -0.680. The van der Waals surface area contributed by atoms with Crippen LogP contribution in [0.3, 0.4) is 0 Å². The number of halogens is 3. The van der Waals surface area contributed by atoms with E-state index in [2.05, 4.69) is 0 Å². The highest BCUT2D eigenvalue weighted by Crippen LogP contribution is 2.30. The summed E-state index contributed by atoms with van der Waals surface area (Å²) < 4.78 is 65.1. The second-order valence-corrected chi connectivity index (χ2v) is 8.66. The van der Waals surface area contributed by atoms with Crippen molar-refractivity contribution < 1.29 is 31.2 Å². The maximum Gasteiger partial charge on any atom is 0.416 e. The van der Waals surface area contributed by atoms with Crippen molar-refractivity contribution in [3.05, 3.63) is 65.7 Å². The van der Waals surface area contributed by atoms with Crippen LogP contribution in [0.5, 0.6) is 0 Å². The van der Waals surface area contributed by atoms with Gasteiger partial charge in [-0.3, -0.25) is 9.59 Å². The lowest BCUT2D eigenvalue weighted by atomic mass is 10.2. The third-order valence-corrected chi connectivity index (χ3v) is 6.22. The largest absolute Gasteiger partial charge is 0.416 e. The monoisotopic (exact) mass is 455 g/mol. The molecule has 7 nitrogen and oxygen atoms in total. The Balaban J connectivity index is 1.55. The van der Waals surface area contributed by atoms with Crippen LogP contribution in [-0.2, 0) is 21.0 Å². The van der Waals surface area contributed by atoms with E-state index in [1.165, 1.54) is 4.90 Å². The maximum absolute atomic E-state index is 12.8. The summed E-state index contributed by atoms with van der Waals surface area (Å²) in [5, 5.41) is 0. The molecule has 166 valence electrons. The van der Waals surface area contributed by atoms with Crippen LogP contribution in [0.4, 0.5) is 13.2 Å². The highest BCUT2D eigenvalue weighted by atomic mass is 32.2. The number of hydrogen-bond donors (Lipinski definition) is 1. The van der Waals surface area contributed by atoms with E-state index in [0.717, 1.165) is 18.2 Å². The van der Waals surface area contributed by atoms with Gasteiger partial charge in [-0.05, 0) is 30.3 Å². The highest BCUT2D eigenvalue weighted by molar-refractivity contribution is 7.89. The number of rotatable bonds is 5. The molecule has 3 rings (SSSR count). The molecule has 31 heavy (non-hydrogen) atoms. The van der Waals surface area contributed by atoms with Gasteiger partial charge in [0.2, 0.25) is 15.9 Å². The van der Waals surface area contributed by atoms with Gasteiger partial charge in [-0.1, -0.05) is 24.3 Å². The number of alkyl halides is 3. The number of nitrogens with one attached hydrogen (secondary N) is 1. The molecule has 1 heterocycles. The predicted octanol–water partition coefficient (Wildman–Crippen LogP) is 1.97. The van der Waals surface area contributed by atoms with Crippen molar-refractivity contribution >= 4 is 21.8 Å². The van der Waals surface area contributed by atoms with Crippen LogP contribution in [0.2, 0.25) is 0 Å². The minimum Gasteiger partial charge on any atom is -0.338 e. The van der Waals surface area contributed by atoms with Crippen LogP contribution in [-0.4, -0.2) is 62.8 Å².